The zero-order valence-corrected chi connectivity index (χ0v) is 12.1. The third kappa shape index (κ3) is 3.95. The van der Waals surface area contributed by atoms with Crippen molar-refractivity contribution in [2.24, 2.45) is 4.99 Å². The molecule has 0 bridgehead atoms. The molecule has 0 spiro atoms. The molecule has 0 saturated heterocycles. The Morgan fingerprint density at radius 1 is 1.13 bits per heavy atom. The first kappa shape index (κ1) is 11.7. The van der Waals surface area contributed by atoms with Crippen LogP contribution in [-0.2, 0) is 0 Å². The van der Waals surface area contributed by atoms with Crippen molar-refractivity contribution < 1.29 is 0 Å². The van der Waals surface area contributed by atoms with Gasteiger partial charge in [-0.15, -0.1) is 0 Å². The van der Waals surface area contributed by atoms with Gasteiger partial charge in [0.2, 0.25) is 0 Å². The van der Waals surface area contributed by atoms with Gasteiger partial charge < -0.3 is 0 Å². The Kier molecular flexibility index (Phi) is 3.61. The summed E-state index contributed by atoms with van der Waals surface area (Å²) in [6, 6.07) is 0.695. The summed E-state index contributed by atoms with van der Waals surface area (Å²) < 4.78 is 0. The van der Waals surface area contributed by atoms with Crippen molar-refractivity contribution in [3.8, 4) is 0 Å². The third-order valence-electron chi connectivity index (χ3n) is 3.02. The molecular weight excluding hydrogens is 218 g/mol. The molecule has 1 nitrogen and oxygen atoms in total. The number of hydrogen-bond acceptors (Lipinski definition) is 2. The molecule has 0 aromatic rings. The van der Waals surface area contributed by atoms with Crippen LogP contribution in [0.2, 0.25) is 19.6 Å². The molecule has 3 heteroatoms. The summed E-state index contributed by atoms with van der Waals surface area (Å²) in [4.78, 5) is 4.93. The van der Waals surface area contributed by atoms with E-state index in [-0.39, 0.29) is 0 Å². The lowest BCUT2D eigenvalue weighted by molar-refractivity contribution is 0.444. The molecule has 0 aromatic carbocycles. The number of hydrogen-bond donors (Lipinski definition) is 0. The van der Waals surface area contributed by atoms with E-state index in [0.717, 1.165) is 5.25 Å². The van der Waals surface area contributed by atoms with Crippen molar-refractivity contribution in [2.45, 2.75) is 69.5 Å². The Labute approximate surface area is 98.8 Å². The third-order valence-corrected chi connectivity index (χ3v) is 7.43. The molecule has 2 aliphatic carbocycles. The molecular formula is C12H23NSSi. The molecule has 0 radical (unpaired) electrons. The highest BCUT2D eigenvalue weighted by Gasteiger charge is 2.37. The molecule has 2 rings (SSSR count). The first-order chi connectivity index (χ1) is 7.04. The molecule has 1 atom stereocenters. The van der Waals surface area contributed by atoms with Gasteiger partial charge in [-0.05, 0) is 12.8 Å². The largest absolute Gasteiger partial charge is 0.290 e. The minimum atomic E-state index is -0.930. The van der Waals surface area contributed by atoms with Crippen molar-refractivity contribution in [2.75, 3.05) is 0 Å². The predicted molar refractivity (Wildman–Crippen MR) is 73.7 cm³/mol. The number of rotatable bonds is 3. The second kappa shape index (κ2) is 4.62. The van der Waals surface area contributed by atoms with Crippen LogP contribution in [0.25, 0.3) is 0 Å². The van der Waals surface area contributed by atoms with E-state index in [1.165, 1.54) is 44.2 Å². The fourth-order valence-electron chi connectivity index (χ4n) is 2.25. The quantitative estimate of drug-likeness (QED) is 0.678. The molecule has 0 N–H and O–H groups in total. The lowest BCUT2D eigenvalue weighted by Gasteiger charge is -2.17. The normalized spacial score (nSPS) is 30.9. The highest BCUT2D eigenvalue weighted by atomic mass is 32.4. The fourth-order valence-corrected chi connectivity index (χ4v) is 6.77. The van der Waals surface area contributed by atoms with Gasteiger partial charge >= 0.3 is 0 Å². The maximum absolute atomic E-state index is 4.93. The topological polar surface area (TPSA) is 12.4 Å². The van der Waals surface area contributed by atoms with Crippen LogP contribution in [0.15, 0.2) is 4.99 Å². The van der Waals surface area contributed by atoms with E-state index in [9.17, 15) is 0 Å². The van der Waals surface area contributed by atoms with E-state index in [4.69, 9.17) is 4.99 Å². The second-order valence-electron chi connectivity index (χ2n) is 5.84. The minimum Gasteiger partial charge on any atom is -0.290 e. The first-order valence-electron chi connectivity index (χ1n) is 6.29. The molecule has 0 aliphatic heterocycles. The van der Waals surface area contributed by atoms with Crippen molar-refractivity contribution in [1.29, 1.82) is 0 Å². The van der Waals surface area contributed by atoms with Gasteiger partial charge in [-0.3, -0.25) is 4.99 Å². The Balaban J connectivity index is 1.79. The van der Waals surface area contributed by atoms with Crippen LogP contribution < -0.4 is 0 Å². The zero-order valence-electron chi connectivity index (χ0n) is 10.3. The Morgan fingerprint density at radius 3 is 2.40 bits per heavy atom. The van der Waals surface area contributed by atoms with Crippen molar-refractivity contribution in [3.05, 3.63) is 0 Å². The smallest absolute Gasteiger partial charge is 0.109 e. The zero-order chi connectivity index (χ0) is 10.9. The number of nitrogens with zero attached hydrogens (tertiary/aromatic N) is 1. The van der Waals surface area contributed by atoms with E-state index in [1.54, 1.807) is 0 Å². The molecule has 0 aromatic heterocycles. The summed E-state index contributed by atoms with van der Waals surface area (Å²) in [6.45, 7) is 7.32. The van der Waals surface area contributed by atoms with Crippen molar-refractivity contribution >= 4 is 24.1 Å². The number of aliphatic imine (C=N–C) groups is 1. The monoisotopic (exact) mass is 241 g/mol. The molecule has 15 heavy (non-hydrogen) atoms. The van der Waals surface area contributed by atoms with E-state index in [1.807, 2.05) is 0 Å². The summed E-state index contributed by atoms with van der Waals surface area (Å²) in [7, 11) is -0.930. The van der Waals surface area contributed by atoms with Crippen molar-refractivity contribution in [3.63, 3.8) is 0 Å². The van der Waals surface area contributed by atoms with Crippen LogP contribution in [-0.4, -0.2) is 24.2 Å². The van der Waals surface area contributed by atoms with Gasteiger partial charge in [-0.1, -0.05) is 38.9 Å². The fraction of sp³-hybridized carbons (Fsp3) is 0.917. The van der Waals surface area contributed by atoms with Crippen molar-refractivity contribution in [1.82, 2.24) is 0 Å². The lowest BCUT2D eigenvalue weighted by Crippen LogP contribution is -2.16. The predicted octanol–water partition coefficient (Wildman–Crippen LogP) is 4.10. The molecule has 2 fully saturated rings. The molecule has 2 saturated carbocycles. The van der Waals surface area contributed by atoms with Crippen LogP contribution in [0.1, 0.15) is 38.5 Å². The standard InChI is InChI=1S/C12H23NSSi/c1-15(2,3)14-12-9-11(12)13-10-7-5-4-6-8-10/h10,12H,4-9H2,1-3H3/b13-11+. The maximum atomic E-state index is 4.93. The maximum Gasteiger partial charge on any atom is 0.109 e. The van der Waals surface area contributed by atoms with Gasteiger partial charge in [0, 0.05) is 23.4 Å². The van der Waals surface area contributed by atoms with E-state index < -0.39 is 7.22 Å². The van der Waals surface area contributed by atoms with Crippen LogP contribution in [0, 0.1) is 0 Å². The van der Waals surface area contributed by atoms with Gasteiger partial charge in [-0.2, -0.15) is 11.2 Å². The highest BCUT2D eigenvalue weighted by Crippen LogP contribution is 2.38. The molecule has 2 aliphatic rings. The van der Waals surface area contributed by atoms with Gasteiger partial charge in [-0.25, -0.2) is 0 Å². The van der Waals surface area contributed by atoms with Gasteiger partial charge in [0.25, 0.3) is 0 Å². The summed E-state index contributed by atoms with van der Waals surface area (Å²) in [6.07, 6.45) is 8.27. The van der Waals surface area contributed by atoms with Crippen LogP contribution >= 0.6 is 11.2 Å². The molecule has 1 unspecified atom stereocenters. The Hall–Kier alpha value is 0.237. The van der Waals surface area contributed by atoms with E-state index in [2.05, 4.69) is 30.9 Å². The van der Waals surface area contributed by atoms with Gasteiger partial charge in [0.05, 0.1) is 0 Å². The van der Waals surface area contributed by atoms with E-state index in [0.29, 0.717) is 6.04 Å². The van der Waals surface area contributed by atoms with Crippen LogP contribution in [0.3, 0.4) is 0 Å². The summed E-state index contributed by atoms with van der Waals surface area (Å²) >= 11 is 2.23. The Bertz CT molecular complexity index is 251. The van der Waals surface area contributed by atoms with Gasteiger partial charge in [0.15, 0.2) is 0 Å². The molecule has 86 valence electrons. The van der Waals surface area contributed by atoms with Crippen LogP contribution in [0.4, 0.5) is 0 Å². The highest BCUT2D eigenvalue weighted by molar-refractivity contribution is 8.29. The average Bonchev–Trinajstić information content (AvgIpc) is 2.82. The molecule has 0 amide bonds. The first-order valence-corrected chi connectivity index (χ1v) is 11.4. The summed E-state index contributed by atoms with van der Waals surface area (Å²) in [5, 5.41) is 0.818. The SMILES string of the molecule is C[Si](C)(C)SC1C/C1=N\C1CCCCC1. The minimum absolute atomic E-state index is 0.695. The van der Waals surface area contributed by atoms with E-state index >= 15 is 0 Å². The Morgan fingerprint density at radius 2 is 1.80 bits per heavy atom. The van der Waals surface area contributed by atoms with Crippen LogP contribution in [0.5, 0.6) is 0 Å². The molecule has 0 heterocycles. The lowest BCUT2D eigenvalue weighted by atomic mass is 9.96. The summed E-state index contributed by atoms with van der Waals surface area (Å²) in [5.41, 5.74) is 1.54. The average molecular weight is 241 g/mol. The second-order valence-corrected chi connectivity index (χ2v) is 15.2. The summed E-state index contributed by atoms with van der Waals surface area (Å²) in [5.74, 6) is 0. The van der Waals surface area contributed by atoms with Gasteiger partial charge in [0.1, 0.15) is 7.22 Å².